The van der Waals surface area contributed by atoms with Gasteiger partial charge in [-0.25, -0.2) is 8.42 Å². The Morgan fingerprint density at radius 2 is 1.85 bits per heavy atom. The van der Waals surface area contributed by atoms with Crippen LogP contribution in [-0.4, -0.2) is 29.4 Å². The lowest BCUT2D eigenvalue weighted by molar-refractivity contribution is 0.285. The molecule has 7 nitrogen and oxygen atoms in total. The summed E-state index contributed by atoms with van der Waals surface area (Å²) in [5.41, 5.74) is 6.88. The molecule has 2 fully saturated rings. The van der Waals surface area contributed by atoms with Gasteiger partial charge in [0.1, 0.15) is 6.04 Å². The summed E-state index contributed by atoms with van der Waals surface area (Å²) >= 11 is 0. The molecule has 0 bridgehead atoms. The number of sulfonamides is 1. The van der Waals surface area contributed by atoms with E-state index in [9.17, 15) is 8.42 Å². The zero-order valence-electron chi connectivity index (χ0n) is 15.3. The van der Waals surface area contributed by atoms with E-state index in [1.54, 1.807) is 24.3 Å². The van der Waals surface area contributed by atoms with Crippen molar-refractivity contribution in [3.63, 3.8) is 0 Å². The fraction of sp³-hybridized carbons (Fsp3) is 0.556. The third kappa shape index (κ3) is 3.63. The van der Waals surface area contributed by atoms with Crippen molar-refractivity contribution in [1.82, 2.24) is 14.4 Å². The zero-order valence-corrected chi connectivity index (χ0v) is 16.9. The number of rotatable bonds is 4. The van der Waals surface area contributed by atoms with Crippen LogP contribution in [0.15, 0.2) is 33.7 Å². The number of halogens is 1. The van der Waals surface area contributed by atoms with Gasteiger partial charge < -0.3 is 10.3 Å². The maximum atomic E-state index is 13.1. The van der Waals surface area contributed by atoms with Gasteiger partial charge in [-0.1, -0.05) is 35.7 Å². The Kier molecular flexibility index (Phi) is 5.63. The largest absolute Gasteiger partial charge is 0.337 e. The topological polar surface area (TPSA) is 102 Å². The number of hydrogen-bond donors (Lipinski definition) is 1. The quantitative estimate of drug-likeness (QED) is 0.827. The summed E-state index contributed by atoms with van der Waals surface area (Å²) < 4.78 is 33.1. The molecule has 1 aromatic carbocycles. The third-order valence-corrected chi connectivity index (χ3v) is 7.42. The highest BCUT2D eigenvalue weighted by Crippen LogP contribution is 2.38. The van der Waals surface area contributed by atoms with Crippen molar-refractivity contribution in [3.8, 4) is 0 Å². The molecule has 1 aromatic heterocycles. The second-order valence-electron chi connectivity index (χ2n) is 7.41. The maximum absolute atomic E-state index is 13.1. The molecule has 2 N–H and O–H groups in total. The minimum Gasteiger partial charge on any atom is -0.337 e. The number of aryl methyl sites for hydroxylation is 1. The highest BCUT2D eigenvalue weighted by atomic mass is 35.5. The summed E-state index contributed by atoms with van der Waals surface area (Å²) in [6.07, 6.45) is 5.21. The molecule has 1 saturated carbocycles. The Morgan fingerprint density at radius 1 is 1.19 bits per heavy atom. The van der Waals surface area contributed by atoms with Crippen LogP contribution in [0.2, 0.25) is 0 Å². The van der Waals surface area contributed by atoms with E-state index in [2.05, 4.69) is 10.1 Å². The van der Waals surface area contributed by atoms with Crippen molar-refractivity contribution < 1.29 is 12.9 Å². The molecule has 4 rings (SSSR count). The van der Waals surface area contributed by atoms with Gasteiger partial charge in [-0.3, -0.25) is 0 Å². The molecule has 1 atom stereocenters. The molecule has 2 heterocycles. The first-order valence-electron chi connectivity index (χ1n) is 9.12. The zero-order chi connectivity index (χ0) is 18.4. The second-order valence-corrected chi connectivity index (χ2v) is 9.30. The summed E-state index contributed by atoms with van der Waals surface area (Å²) in [6, 6.07) is 6.48. The minimum absolute atomic E-state index is 0. The number of nitrogens with zero attached hydrogens (tertiary/aromatic N) is 3. The van der Waals surface area contributed by atoms with Crippen LogP contribution in [0.3, 0.4) is 0 Å². The van der Waals surface area contributed by atoms with Crippen LogP contribution >= 0.6 is 12.4 Å². The highest BCUT2D eigenvalue weighted by molar-refractivity contribution is 7.89. The summed E-state index contributed by atoms with van der Waals surface area (Å²) in [5, 5.41) is 4.08. The lowest BCUT2D eigenvalue weighted by Gasteiger charge is -2.21. The van der Waals surface area contributed by atoms with Crippen LogP contribution in [0.25, 0.3) is 0 Å². The summed E-state index contributed by atoms with van der Waals surface area (Å²) in [4.78, 5) is 4.80. The van der Waals surface area contributed by atoms with E-state index in [1.165, 1.54) is 4.31 Å². The minimum atomic E-state index is -3.60. The summed E-state index contributed by atoms with van der Waals surface area (Å²) in [6.45, 7) is 2.38. The van der Waals surface area contributed by atoms with Crippen molar-refractivity contribution in [2.75, 3.05) is 6.54 Å². The predicted octanol–water partition coefficient (Wildman–Crippen LogP) is 3.05. The first-order valence-corrected chi connectivity index (χ1v) is 10.6. The van der Waals surface area contributed by atoms with Crippen LogP contribution in [0.1, 0.15) is 61.8 Å². The number of hydrogen-bond acceptors (Lipinski definition) is 6. The van der Waals surface area contributed by atoms with Gasteiger partial charge in [-0.2, -0.15) is 9.29 Å². The van der Waals surface area contributed by atoms with Gasteiger partial charge >= 0.3 is 0 Å². The van der Waals surface area contributed by atoms with Gasteiger partial charge in [0.05, 0.1) is 10.4 Å². The van der Waals surface area contributed by atoms with E-state index >= 15 is 0 Å². The van der Waals surface area contributed by atoms with Crippen molar-refractivity contribution in [2.24, 2.45) is 5.73 Å². The van der Waals surface area contributed by atoms with Crippen molar-refractivity contribution in [2.45, 2.75) is 61.9 Å². The second kappa shape index (κ2) is 7.50. The molecule has 2 aromatic rings. The molecule has 1 saturated heterocycles. The van der Waals surface area contributed by atoms with Crippen LogP contribution in [0, 0.1) is 6.92 Å². The molecule has 1 unspecified atom stereocenters. The van der Waals surface area contributed by atoms with E-state index < -0.39 is 21.6 Å². The Balaban J connectivity index is 0.00000210. The molecular weight excluding hydrogens is 388 g/mol. The lowest BCUT2D eigenvalue weighted by Crippen LogP contribution is -2.34. The lowest BCUT2D eigenvalue weighted by atomic mass is 9.99. The molecule has 0 spiro atoms. The maximum Gasteiger partial charge on any atom is 0.245 e. The van der Waals surface area contributed by atoms with E-state index in [1.807, 2.05) is 6.92 Å². The monoisotopic (exact) mass is 412 g/mol. The fourth-order valence-corrected chi connectivity index (χ4v) is 5.57. The molecule has 1 aliphatic heterocycles. The molecule has 27 heavy (non-hydrogen) atoms. The normalized spacial score (nSPS) is 22.7. The molecule has 1 aliphatic carbocycles. The Bertz CT molecular complexity index is 892. The molecule has 2 aliphatic rings. The Morgan fingerprint density at radius 3 is 2.52 bits per heavy atom. The average molecular weight is 413 g/mol. The van der Waals surface area contributed by atoms with Crippen molar-refractivity contribution >= 4 is 22.4 Å². The first-order chi connectivity index (χ1) is 12.4. The smallest absolute Gasteiger partial charge is 0.245 e. The van der Waals surface area contributed by atoms with Gasteiger partial charge in [0, 0.05) is 6.54 Å². The molecule has 9 heteroatoms. The van der Waals surface area contributed by atoms with Crippen molar-refractivity contribution in [1.29, 1.82) is 0 Å². The van der Waals surface area contributed by atoms with E-state index in [-0.39, 0.29) is 12.4 Å². The molecular formula is C18H25ClN4O3S. The standard InChI is InChI=1S/C18H24N4O3S.ClH/c1-13-6-8-14(9-7-13)26(23,24)22-12-4-5-15(22)16-20-17(21-25-16)18(19)10-2-3-11-18;/h6-9,15H,2-5,10-12,19H2,1H3;1H. The van der Waals surface area contributed by atoms with Crippen LogP contribution in [-0.2, 0) is 15.6 Å². The number of nitrogens with two attached hydrogens (primary N) is 1. The van der Waals surface area contributed by atoms with Gasteiger partial charge in [0.25, 0.3) is 0 Å². The fourth-order valence-electron chi connectivity index (χ4n) is 3.92. The van der Waals surface area contributed by atoms with E-state index in [4.69, 9.17) is 10.3 Å². The number of benzene rings is 1. The van der Waals surface area contributed by atoms with Gasteiger partial charge in [0.2, 0.25) is 15.9 Å². The Hall–Kier alpha value is -1.48. The van der Waals surface area contributed by atoms with Crippen LogP contribution in [0.4, 0.5) is 0 Å². The van der Waals surface area contributed by atoms with Crippen molar-refractivity contribution in [3.05, 3.63) is 41.5 Å². The first kappa shape index (κ1) is 20.3. The molecule has 148 valence electrons. The SMILES string of the molecule is Cc1ccc(S(=O)(=O)N2CCCC2c2nc(C3(N)CCCC3)no2)cc1.Cl. The highest BCUT2D eigenvalue weighted by Gasteiger charge is 2.41. The summed E-state index contributed by atoms with van der Waals surface area (Å²) in [7, 11) is -3.60. The summed E-state index contributed by atoms with van der Waals surface area (Å²) in [5.74, 6) is 0.856. The third-order valence-electron chi connectivity index (χ3n) is 5.50. The van der Waals surface area contributed by atoms with Gasteiger partial charge in [0.15, 0.2) is 5.82 Å². The van der Waals surface area contributed by atoms with Gasteiger partial charge in [-0.05, 0) is 44.7 Å². The van der Waals surface area contributed by atoms with Crippen LogP contribution in [0.5, 0.6) is 0 Å². The van der Waals surface area contributed by atoms with Crippen LogP contribution < -0.4 is 5.73 Å². The predicted molar refractivity (Wildman–Crippen MR) is 103 cm³/mol. The van der Waals surface area contributed by atoms with E-state index in [0.29, 0.717) is 29.6 Å². The number of aromatic nitrogens is 2. The van der Waals surface area contributed by atoms with E-state index in [0.717, 1.165) is 37.7 Å². The Labute approximate surface area is 165 Å². The van der Waals surface area contributed by atoms with Gasteiger partial charge in [-0.15, -0.1) is 12.4 Å². The average Bonchev–Trinajstić information content (AvgIpc) is 3.35. The molecule has 0 radical (unpaired) electrons. The molecule has 0 amide bonds.